The molecule has 1 amide bonds. The fraction of sp³-hybridized carbons (Fsp3) is 0.273. The van der Waals surface area contributed by atoms with Gasteiger partial charge in [-0.2, -0.15) is 8.75 Å². The molecule has 0 radical (unpaired) electrons. The van der Waals surface area contributed by atoms with Gasteiger partial charge in [0.2, 0.25) is 0 Å². The maximum atomic E-state index is 14.0. The summed E-state index contributed by atoms with van der Waals surface area (Å²) in [4.78, 5) is 15.7. The third-order valence-electron chi connectivity index (χ3n) is 2.89. The second-order valence-corrected chi connectivity index (χ2v) is 4.92. The summed E-state index contributed by atoms with van der Waals surface area (Å²) in [6.07, 6.45) is 0.250. The van der Waals surface area contributed by atoms with Crippen molar-refractivity contribution in [1.82, 2.24) is 18.6 Å². The Morgan fingerprint density at radius 2 is 2.25 bits per heavy atom. The van der Waals surface area contributed by atoms with Gasteiger partial charge in [0.25, 0.3) is 0 Å². The highest BCUT2D eigenvalue weighted by Crippen LogP contribution is 2.32. The summed E-state index contributed by atoms with van der Waals surface area (Å²) in [6, 6.07) is 0.863. The molecule has 0 aromatic carbocycles. The van der Waals surface area contributed by atoms with Crippen molar-refractivity contribution in [3.8, 4) is 11.3 Å². The molecule has 2 heterocycles. The van der Waals surface area contributed by atoms with Crippen molar-refractivity contribution in [2.45, 2.75) is 13.0 Å². The van der Waals surface area contributed by atoms with Crippen LogP contribution in [0.15, 0.2) is 12.3 Å². The van der Waals surface area contributed by atoms with Gasteiger partial charge >= 0.3 is 6.09 Å². The normalized spacial score (nSPS) is 12.2. The zero-order chi connectivity index (χ0) is 14.9. The van der Waals surface area contributed by atoms with Crippen LogP contribution in [0.5, 0.6) is 0 Å². The van der Waals surface area contributed by atoms with Crippen LogP contribution in [0.25, 0.3) is 11.3 Å². The van der Waals surface area contributed by atoms with E-state index in [0.717, 1.165) is 16.6 Å². The van der Waals surface area contributed by atoms with Crippen LogP contribution in [-0.2, 0) is 0 Å². The third-order valence-corrected chi connectivity index (χ3v) is 3.70. The van der Waals surface area contributed by atoms with E-state index in [4.69, 9.17) is 16.7 Å². The minimum atomic E-state index is -1.11. The van der Waals surface area contributed by atoms with Crippen LogP contribution in [0.2, 0.25) is 5.15 Å². The average molecular weight is 317 g/mol. The summed E-state index contributed by atoms with van der Waals surface area (Å²) in [5.74, 6) is -0.701. The van der Waals surface area contributed by atoms with E-state index in [9.17, 15) is 9.18 Å². The molecule has 0 aliphatic carbocycles. The molecule has 2 aromatic heterocycles. The van der Waals surface area contributed by atoms with Crippen LogP contribution in [0, 0.1) is 5.82 Å². The Morgan fingerprint density at radius 3 is 2.90 bits per heavy atom. The number of hydrogen-bond acceptors (Lipinski definition) is 5. The van der Waals surface area contributed by atoms with E-state index in [2.05, 4.69) is 13.7 Å². The maximum absolute atomic E-state index is 14.0. The Kier molecular flexibility index (Phi) is 4.15. The number of amides is 1. The first-order valence-electron chi connectivity index (χ1n) is 5.52. The van der Waals surface area contributed by atoms with Crippen molar-refractivity contribution in [3.05, 3.63) is 28.9 Å². The van der Waals surface area contributed by atoms with E-state index in [1.807, 2.05) is 0 Å². The first-order valence-corrected chi connectivity index (χ1v) is 6.63. The SMILES string of the molecule is CC(c1nsnc1-c1ccnc(Cl)c1F)N(C)C(=O)O. The van der Waals surface area contributed by atoms with E-state index in [0.29, 0.717) is 5.69 Å². The fourth-order valence-electron chi connectivity index (χ4n) is 1.61. The fourth-order valence-corrected chi connectivity index (χ4v) is 2.41. The Labute approximate surface area is 123 Å². The van der Waals surface area contributed by atoms with Crippen LogP contribution in [0.3, 0.4) is 0 Å². The Morgan fingerprint density at radius 1 is 1.55 bits per heavy atom. The summed E-state index contributed by atoms with van der Waals surface area (Å²) in [6.45, 7) is 1.65. The molecule has 0 bridgehead atoms. The molecule has 0 saturated heterocycles. The second-order valence-electron chi connectivity index (χ2n) is 4.03. The molecule has 1 N–H and O–H groups in total. The van der Waals surface area contributed by atoms with Crippen molar-refractivity contribution in [2.24, 2.45) is 0 Å². The zero-order valence-electron chi connectivity index (χ0n) is 10.5. The van der Waals surface area contributed by atoms with Gasteiger partial charge in [-0.1, -0.05) is 11.6 Å². The number of rotatable bonds is 3. The van der Waals surface area contributed by atoms with Gasteiger partial charge in [-0.3, -0.25) is 0 Å². The molecule has 9 heteroatoms. The molecule has 0 spiro atoms. The smallest absolute Gasteiger partial charge is 0.407 e. The van der Waals surface area contributed by atoms with E-state index in [1.54, 1.807) is 6.92 Å². The molecule has 0 saturated carbocycles. The van der Waals surface area contributed by atoms with Gasteiger partial charge < -0.3 is 10.0 Å². The molecular weight excluding hydrogens is 307 g/mol. The topological polar surface area (TPSA) is 79.2 Å². The summed E-state index contributed by atoms with van der Waals surface area (Å²) < 4.78 is 22.1. The summed E-state index contributed by atoms with van der Waals surface area (Å²) in [5.41, 5.74) is 0.804. The minimum Gasteiger partial charge on any atom is -0.465 e. The Balaban J connectivity index is 2.48. The Bertz CT molecular complexity index is 651. The van der Waals surface area contributed by atoms with E-state index >= 15 is 0 Å². The number of carbonyl (C=O) groups is 1. The number of pyridine rings is 1. The minimum absolute atomic E-state index is 0.152. The molecule has 1 unspecified atom stereocenters. The van der Waals surface area contributed by atoms with E-state index in [-0.39, 0.29) is 16.4 Å². The monoisotopic (exact) mass is 316 g/mol. The second kappa shape index (κ2) is 5.68. The number of aromatic nitrogens is 3. The van der Waals surface area contributed by atoms with Crippen molar-refractivity contribution in [2.75, 3.05) is 7.05 Å². The molecular formula is C11H10ClFN4O2S. The molecule has 6 nitrogen and oxygen atoms in total. The van der Waals surface area contributed by atoms with Gasteiger partial charge in [0.1, 0.15) is 11.4 Å². The van der Waals surface area contributed by atoms with Crippen LogP contribution < -0.4 is 0 Å². The van der Waals surface area contributed by atoms with Gasteiger partial charge in [-0.05, 0) is 13.0 Å². The maximum Gasteiger partial charge on any atom is 0.407 e. The number of nitrogens with zero attached hydrogens (tertiary/aromatic N) is 4. The lowest BCUT2D eigenvalue weighted by molar-refractivity contribution is 0.141. The standard InChI is InChI=1S/C11H10ClFN4O2S/c1-5(17(2)11(18)19)8-9(16-20-15-8)6-3-4-14-10(12)7(6)13/h3-5H,1-2H3,(H,18,19). The van der Waals surface area contributed by atoms with Gasteiger partial charge in [0, 0.05) is 18.8 Å². The average Bonchev–Trinajstić information content (AvgIpc) is 2.89. The summed E-state index contributed by atoms with van der Waals surface area (Å²) in [7, 11) is 1.41. The van der Waals surface area contributed by atoms with Crippen molar-refractivity contribution in [3.63, 3.8) is 0 Å². The van der Waals surface area contributed by atoms with Crippen molar-refractivity contribution < 1.29 is 14.3 Å². The molecule has 2 aromatic rings. The number of hydrogen-bond donors (Lipinski definition) is 1. The van der Waals surface area contributed by atoms with Gasteiger partial charge in [-0.15, -0.1) is 0 Å². The van der Waals surface area contributed by atoms with Gasteiger partial charge in [0.15, 0.2) is 11.0 Å². The molecule has 0 aliphatic heterocycles. The van der Waals surface area contributed by atoms with Crippen LogP contribution >= 0.6 is 23.3 Å². The zero-order valence-corrected chi connectivity index (χ0v) is 12.1. The highest BCUT2D eigenvalue weighted by atomic mass is 35.5. The van der Waals surface area contributed by atoms with Gasteiger partial charge in [0.05, 0.1) is 17.8 Å². The van der Waals surface area contributed by atoms with Gasteiger partial charge in [-0.25, -0.2) is 14.2 Å². The number of halogens is 2. The molecule has 2 rings (SSSR count). The predicted molar refractivity (Wildman–Crippen MR) is 72.3 cm³/mol. The first-order chi connectivity index (χ1) is 9.43. The highest BCUT2D eigenvalue weighted by Gasteiger charge is 2.25. The summed E-state index contributed by atoms with van der Waals surface area (Å²) in [5, 5.41) is 8.72. The van der Waals surface area contributed by atoms with Crippen LogP contribution in [0.4, 0.5) is 9.18 Å². The van der Waals surface area contributed by atoms with Crippen LogP contribution in [-0.4, -0.2) is 36.9 Å². The third kappa shape index (κ3) is 2.56. The Hall–Kier alpha value is -1.80. The molecule has 0 aliphatic rings. The molecule has 0 fully saturated rings. The predicted octanol–water partition coefficient (Wildman–Crippen LogP) is 3.06. The van der Waals surface area contributed by atoms with E-state index in [1.165, 1.54) is 19.3 Å². The molecule has 1 atom stereocenters. The molecule has 20 heavy (non-hydrogen) atoms. The molecule has 106 valence electrons. The van der Waals surface area contributed by atoms with E-state index < -0.39 is 18.0 Å². The van der Waals surface area contributed by atoms with Crippen LogP contribution in [0.1, 0.15) is 18.7 Å². The van der Waals surface area contributed by atoms with Crippen molar-refractivity contribution >= 4 is 29.4 Å². The lowest BCUT2D eigenvalue weighted by Gasteiger charge is -2.20. The summed E-state index contributed by atoms with van der Waals surface area (Å²) >= 11 is 6.52. The van der Waals surface area contributed by atoms with Crippen molar-refractivity contribution in [1.29, 1.82) is 0 Å². The quantitative estimate of drug-likeness (QED) is 0.880. The number of carboxylic acid groups (broad SMARTS) is 1. The first kappa shape index (κ1) is 14.6. The lowest BCUT2D eigenvalue weighted by atomic mass is 10.1. The largest absolute Gasteiger partial charge is 0.465 e. The lowest BCUT2D eigenvalue weighted by Crippen LogP contribution is -2.28. The highest BCUT2D eigenvalue weighted by molar-refractivity contribution is 6.99.